The molecule has 3 nitrogen and oxygen atoms in total. The van der Waals surface area contributed by atoms with Gasteiger partial charge in [-0.05, 0) is 31.4 Å². The zero-order chi connectivity index (χ0) is 11.4. The largest absolute Gasteiger partial charge is 0.382 e. The lowest BCUT2D eigenvalue weighted by Gasteiger charge is -2.12. The van der Waals surface area contributed by atoms with Crippen molar-refractivity contribution in [3.05, 3.63) is 24.0 Å². The van der Waals surface area contributed by atoms with Gasteiger partial charge in [-0.25, -0.2) is 0 Å². The lowest BCUT2D eigenvalue weighted by Crippen LogP contribution is -2.20. The molecule has 0 saturated heterocycles. The van der Waals surface area contributed by atoms with Crippen LogP contribution in [0, 0.1) is 5.92 Å². The van der Waals surface area contributed by atoms with E-state index in [1.165, 1.54) is 24.1 Å². The highest BCUT2D eigenvalue weighted by atomic mass is 15.0. The number of aromatic nitrogens is 1. The van der Waals surface area contributed by atoms with Crippen LogP contribution in [-0.4, -0.2) is 17.6 Å². The highest BCUT2D eigenvalue weighted by Crippen LogP contribution is 2.26. The first kappa shape index (κ1) is 11.4. The zero-order valence-electron chi connectivity index (χ0n) is 10.2. The van der Waals surface area contributed by atoms with E-state index in [4.69, 9.17) is 0 Å². The summed E-state index contributed by atoms with van der Waals surface area (Å²) in [7, 11) is 0. The van der Waals surface area contributed by atoms with Crippen molar-refractivity contribution in [2.24, 2.45) is 5.92 Å². The quantitative estimate of drug-likeness (QED) is 0.771. The Kier molecular flexibility index (Phi) is 3.78. The van der Waals surface area contributed by atoms with Gasteiger partial charge in [0.2, 0.25) is 0 Å². The van der Waals surface area contributed by atoms with Crippen LogP contribution in [0.15, 0.2) is 18.5 Å². The van der Waals surface area contributed by atoms with Crippen LogP contribution in [0.4, 0.5) is 5.69 Å². The molecule has 1 aromatic rings. The van der Waals surface area contributed by atoms with Gasteiger partial charge in [0.15, 0.2) is 0 Å². The second kappa shape index (κ2) is 5.30. The molecule has 1 fully saturated rings. The van der Waals surface area contributed by atoms with Gasteiger partial charge < -0.3 is 10.6 Å². The smallest absolute Gasteiger partial charge is 0.0418 e. The van der Waals surface area contributed by atoms with Gasteiger partial charge >= 0.3 is 0 Å². The van der Waals surface area contributed by atoms with E-state index in [2.05, 4.69) is 35.5 Å². The van der Waals surface area contributed by atoms with Crippen molar-refractivity contribution in [1.29, 1.82) is 0 Å². The number of anilines is 1. The Bertz CT molecular complexity index is 332. The predicted molar refractivity (Wildman–Crippen MR) is 67.4 cm³/mol. The summed E-state index contributed by atoms with van der Waals surface area (Å²) in [6.07, 6.45) is 6.43. The van der Waals surface area contributed by atoms with Crippen LogP contribution >= 0.6 is 0 Å². The zero-order valence-corrected chi connectivity index (χ0v) is 10.2. The van der Waals surface area contributed by atoms with E-state index < -0.39 is 0 Å². The molecule has 0 aliphatic heterocycles. The Balaban J connectivity index is 1.90. The maximum absolute atomic E-state index is 4.19. The summed E-state index contributed by atoms with van der Waals surface area (Å²) in [6.45, 7) is 6.40. The molecule has 1 aromatic heterocycles. The first-order chi connectivity index (χ1) is 7.75. The van der Waals surface area contributed by atoms with Gasteiger partial charge in [-0.3, -0.25) is 4.98 Å². The Morgan fingerprint density at radius 3 is 2.94 bits per heavy atom. The number of rotatable bonds is 6. The molecule has 2 rings (SSSR count). The predicted octanol–water partition coefficient (Wildman–Crippen LogP) is 2.40. The molecule has 1 saturated carbocycles. The molecule has 0 atom stereocenters. The normalized spacial score (nSPS) is 15.4. The number of nitrogens with one attached hydrogen (secondary N) is 2. The van der Waals surface area contributed by atoms with E-state index in [0.717, 1.165) is 13.1 Å². The molecule has 16 heavy (non-hydrogen) atoms. The van der Waals surface area contributed by atoms with Gasteiger partial charge in [0, 0.05) is 36.2 Å². The molecule has 0 amide bonds. The summed E-state index contributed by atoms with van der Waals surface area (Å²) in [6, 6.07) is 2.77. The summed E-state index contributed by atoms with van der Waals surface area (Å²) in [5, 5.41) is 7.00. The molecular weight excluding hydrogens is 198 g/mol. The highest BCUT2D eigenvalue weighted by molar-refractivity contribution is 5.50. The molecule has 3 heteroatoms. The molecule has 0 spiro atoms. The Labute approximate surface area is 97.7 Å². The van der Waals surface area contributed by atoms with Gasteiger partial charge in [0.05, 0.1) is 0 Å². The molecule has 0 bridgehead atoms. The Morgan fingerprint density at radius 2 is 2.25 bits per heavy atom. The van der Waals surface area contributed by atoms with Gasteiger partial charge in [-0.15, -0.1) is 0 Å². The lowest BCUT2D eigenvalue weighted by molar-refractivity contribution is 0.552. The minimum Gasteiger partial charge on any atom is -0.382 e. The van der Waals surface area contributed by atoms with E-state index in [1.54, 1.807) is 0 Å². The first-order valence-corrected chi connectivity index (χ1v) is 6.16. The second-order valence-corrected chi connectivity index (χ2v) is 4.98. The molecule has 88 valence electrons. The van der Waals surface area contributed by atoms with Crippen LogP contribution in [0.5, 0.6) is 0 Å². The molecule has 0 aromatic carbocycles. The van der Waals surface area contributed by atoms with Crippen molar-refractivity contribution >= 4 is 5.69 Å². The summed E-state index contributed by atoms with van der Waals surface area (Å²) in [5.74, 6) is 0.691. The lowest BCUT2D eigenvalue weighted by atomic mass is 10.2. The van der Waals surface area contributed by atoms with Crippen LogP contribution in [0.3, 0.4) is 0 Å². The molecule has 1 heterocycles. The average Bonchev–Trinajstić information content (AvgIpc) is 3.04. The summed E-state index contributed by atoms with van der Waals surface area (Å²) in [5.41, 5.74) is 2.52. The molecule has 0 unspecified atom stereocenters. The van der Waals surface area contributed by atoms with E-state index in [9.17, 15) is 0 Å². The van der Waals surface area contributed by atoms with Crippen LogP contribution in [0.2, 0.25) is 0 Å². The van der Waals surface area contributed by atoms with Gasteiger partial charge in [0.25, 0.3) is 0 Å². The van der Waals surface area contributed by atoms with Crippen LogP contribution < -0.4 is 10.6 Å². The highest BCUT2D eigenvalue weighted by Gasteiger charge is 2.21. The number of pyridine rings is 1. The van der Waals surface area contributed by atoms with E-state index in [0.29, 0.717) is 12.0 Å². The fraction of sp³-hybridized carbons (Fsp3) is 0.615. The Morgan fingerprint density at radius 1 is 1.44 bits per heavy atom. The Hall–Kier alpha value is -1.09. The van der Waals surface area contributed by atoms with Crippen molar-refractivity contribution in [3.63, 3.8) is 0 Å². The molecular formula is C13H21N3. The third kappa shape index (κ3) is 3.49. The van der Waals surface area contributed by atoms with Crippen LogP contribution in [-0.2, 0) is 6.54 Å². The van der Waals surface area contributed by atoms with Crippen LogP contribution in [0.1, 0.15) is 32.3 Å². The molecule has 1 aliphatic rings. The number of nitrogens with zero attached hydrogens (tertiary/aromatic N) is 1. The summed E-state index contributed by atoms with van der Waals surface area (Å²) in [4.78, 5) is 4.19. The van der Waals surface area contributed by atoms with E-state index >= 15 is 0 Å². The van der Waals surface area contributed by atoms with Gasteiger partial charge in [-0.2, -0.15) is 0 Å². The van der Waals surface area contributed by atoms with Gasteiger partial charge in [0.1, 0.15) is 0 Å². The average molecular weight is 219 g/mol. The van der Waals surface area contributed by atoms with Crippen molar-refractivity contribution in [2.75, 3.05) is 11.9 Å². The van der Waals surface area contributed by atoms with E-state index in [1.807, 2.05) is 12.4 Å². The SMILES string of the molecule is CC(C)CNCc1cnccc1NC1CC1. The molecule has 2 N–H and O–H groups in total. The molecule has 1 aliphatic carbocycles. The molecule has 0 radical (unpaired) electrons. The first-order valence-electron chi connectivity index (χ1n) is 6.16. The van der Waals surface area contributed by atoms with Crippen molar-refractivity contribution in [3.8, 4) is 0 Å². The van der Waals surface area contributed by atoms with E-state index in [-0.39, 0.29) is 0 Å². The standard InChI is InChI=1S/C13H21N3/c1-10(2)7-15-9-11-8-14-6-5-13(11)16-12-3-4-12/h5-6,8,10,12,15H,3-4,7,9H2,1-2H3,(H,14,16). The van der Waals surface area contributed by atoms with Gasteiger partial charge in [-0.1, -0.05) is 13.8 Å². The third-order valence-electron chi connectivity index (χ3n) is 2.71. The van der Waals surface area contributed by atoms with Crippen molar-refractivity contribution < 1.29 is 0 Å². The minimum absolute atomic E-state index is 0.691. The number of hydrogen-bond donors (Lipinski definition) is 2. The fourth-order valence-corrected chi connectivity index (χ4v) is 1.65. The summed E-state index contributed by atoms with van der Waals surface area (Å²) >= 11 is 0. The second-order valence-electron chi connectivity index (χ2n) is 4.98. The third-order valence-corrected chi connectivity index (χ3v) is 2.71. The fourth-order valence-electron chi connectivity index (χ4n) is 1.65. The summed E-state index contributed by atoms with van der Waals surface area (Å²) < 4.78 is 0. The van der Waals surface area contributed by atoms with Crippen LogP contribution in [0.25, 0.3) is 0 Å². The van der Waals surface area contributed by atoms with Crippen molar-refractivity contribution in [2.45, 2.75) is 39.3 Å². The maximum Gasteiger partial charge on any atom is 0.0418 e. The maximum atomic E-state index is 4.19. The number of hydrogen-bond acceptors (Lipinski definition) is 3. The topological polar surface area (TPSA) is 37.0 Å². The monoisotopic (exact) mass is 219 g/mol. The van der Waals surface area contributed by atoms with Crippen molar-refractivity contribution in [1.82, 2.24) is 10.3 Å². The minimum atomic E-state index is 0.691.